The highest BCUT2D eigenvalue weighted by Gasteiger charge is 2.18. The van der Waals surface area contributed by atoms with E-state index in [2.05, 4.69) is 153 Å². The lowest BCUT2D eigenvalue weighted by molar-refractivity contribution is 0.667. The molecule has 0 N–H and O–H groups in total. The molecule has 4 heteroatoms. The van der Waals surface area contributed by atoms with Crippen LogP contribution in [0.5, 0.6) is 0 Å². The molecular weight excluding hydrogens is 743 g/mol. The molecule has 4 nitrogen and oxygen atoms in total. The zero-order chi connectivity index (χ0) is 40.7. The Kier molecular flexibility index (Phi) is 9.39. The summed E-state index contributed by atoms with van der Waals surface area (Å²) in [7, 11) is 0. The molecule has 0 atom stereocenters. The van der Waals surface area contributed by atoms with Gasteiger partial charge >= 0.3 is 0 Å². The number of benzene rings is 9. The van der Waals surface area contributed by atoms with Gasteiger partial charge in [0, 0.05) is 27.5 Å². The van der Waals surface area contributed by atoms with Crippen molar-refractivity contribution in [1.82, 2.24) is 15.0 Å². The Hall–Kier alpha value is -7.43. The van der Waals surface area contributed by atoms with Crippen molar-refractivity contribution in [1.29, 1.82) is 0 Å². The van der Waals surface area contributed by atoms with Gasteiger partial charge in [0.25, 0.3) is 0 Å². The van der Waals surface area contributed by atoms with Gasteiger partial charge in [0.15, 0.2) is 17.5 Å². The molecule has 0 aliphatic rings. The van der Waals surface area contributed by atoms with E-state index in [1.54, 1.807) is 0 Å². The first kappa shape index (κ1) is 36.6. The summed E-state index contributed by atoms with van der Waals surface area (Å²) in [5.41, 5.74) is 10.6. The van der Waals surface area contributed by atoms with Crippen molar-refractivity contribution in [2.75, 3.05) is 0 Å². The van der Waals surface area contributed by atoms with Gasteiger partial charge in [0.05, 0.1) is 0 Å². The molecule has 11 rings (SSSR count). The van der Waals surface area contributed by atoms with E-state index in [4.69, 9.17) is 19.4 Å². The highest BCUT2D eigenvalue weighted by Crippen LogP contribution is 2.42. The molecule has 2 aromatic heterocycles. The summed E-state index contributed by atoms with van der Waals surface area (Å²) in [5.74, 6) is 1.87. The van der Waals surface area contributed by atoms with Crippen molar-refractivity contribution in [3.63, 3.8) is 0 Å². The van der Waals surface area contributed by atoms with Crippen molar-refractivity contribution in [2.45, 2.75) is 39.0 Å². The summed E-state index contributed by atoms with van der Waals surface area (Å²) in [4.78, 5) is 15.2. The molecule has 0 aliphatic heterocycles. The van der Waals surface area contributed by atoms with Crippen molar-refractivity contribution in [2.24, 2.45) is 0 Å². The van der Waals surface area contributed by atoms with Crippen LogP contribution in [-0.4, -0.2) is 15.0 Å². The van der Waals surface area contributed by atoms with Gasteiger partial charge in [-0.15, -0.1) is 0 Å². The van der Waals surface area contributed by atoms with Crippen LogP contribution in [0.2, 0.25) is 0 Å². The number of unbranched alkanes of at least 4 members (excludes halogenated alkanes) is 3. The summed E-state index contributed by atoms with van der Waals surface area (Å²) >= 11 is 0. The first-order chi connectivity index (χ1) is 30.2. The Morgan fingerprint density at radius 2 is 0.836 bits per heavy atom. The van der Waals surface area contributed by atoms with E-state index in [0.29, 0.717) is 17.5 Å². The summed E-state index contributed by atoms with van der Waals surface area (Å²) in [6.45, 7) is 2.27. The molecule has 0 saturated heterocycles. The molecular formula is C57H43N3O. The lowest BCUT2D eigenvalue weighted by atomic mass is 9.91. The van der Waals surface area contributed by atoms with Crippen LogP contribution < -0.4 is 0 Å². The monoisotopic (exact) mass is 785 g/mol. The van der Waals surface area contributed by atoms with Crippen molar-refractivity contribution < 1.29 is 4.42 Å². The predicted octanol–water partition coefficient (Wildman–Crippen LogP) is 15.7. The van der Waals surface area contributed by atoms with Gasteiger partial charge in [0.2, 0.25) is 0 Å². The highest BCUT2D eigenvalue weighted by molar-refractivity contribution is 6.28. The molecule has 9 aromatic carbocycles. The average Bonchev–Trinajstić information content (AvgIpc) is 3.70. The maximum absolute atomic E-state index is 6.65. The molecule has 11 aromatic rings. The minimum Gasteiger partial charge on any atom is -0.456 e. The number of hydrogen-bond donors (Lipinski definition) is 0. The molecule has 2 heterocycles. The highest BCUT2D eigenvalue weighted by atomic mass is 16.3. The fourth-order valence-electron chi connectivity index (χ4n) is 8.98. The van der Waals surface area contributed by atoms with Gasteiger partial charge in [-0.05, 0) is 115 Å². The third kappa shape index (κ3) is 6.90. The Morgan fingerprint density at radius 1 is 0.328 bits per heavy atom. The molecule has 0 unspecified atom stereocenters. The van der Waals surface area contributed by atoms with E-state index in [1.807, 2.05) is 36.4 Å². The number of rotatable bonds is 10. The van der Waals surface area contributed by atoms with Gasteiger partial charge in [-0.1, -0.05) is 166 Å². The average molecular weight is 786 g/mol. The first-order valence-electron chi connectivity index (χ1n) is 21.5. The Labute approximate surface area is 355 Å². The Balaban J connectivity index is 1.02. The quantitative estimate of drug-likeness (QED) is 0.102. The van der Waals surface area contributed by atoms with Crippen LogP contribution in [0.4, 0.5) is 0 Å². The third-order valence-corrected chi connectivity index (χ3v) is 12.2. The van der Waals surface area contributed by atoms with E-state index in [0.717, 1.165) is 56.2 Å². The maximum atomic E-state index is 6.65. The number of furan rings is 1. The topological polar surface area (TPSA) is 51.8 Å². The van der Waals surface area contributed by atoms with Crippen LogP contribution in [-0.2, 0) is 6.42 Å². The summed E-state index contributed by atoms with van der Waals surface area (Å²) in [6.07, 6.45) is 6.27. The van der Waals surface area contributed by atoms with Crippen LogP contribution >= 0.6 is 0 Å². The SMILES string of the molecule is CCCCCCc1ccc(-c2ccc3c(c2)c2ccccc2c2cc4c(cc32)oc2ccc(-c3nc(-c5ccccc5)nc(-c5cccc(-c6ccccc6)c5)n3)cc24)cc1. The smallest absolute Gasteiger partial charge is 0.164 e. The predicted molar refractivity (Wildman–Crippen MR) is 255 cm³/mol. The van der Waals surface area contributed by atoms with Crippen LogP contribution in [0.25, 0.3) is 111 Å². The van der Waals surface area contributed by atoms with Crippen LogP contribution in [0.15, 0.2) is 186 Å². The van der Waals surface area contributed by atoms with E-state index >= 15 is 0 Å². The number of aryl methyl sites for hydroxylation is 1. The van der Waals surface area contributed by atoms with Gasteiger partial charge in [-0.2, -0.15) is 0 Å². The van der Waals surface area contributed by atoms with Crippen LogP contribution in [0, 0.1) is 0 Å². The number of aromatic nitrogens is 3. The molecule has 0 radical (unpaired) electrons. The fourth-order valence-corrected chi connectivity index (χ4v) is 8.98. The molecule has 61 heavy (non-hydrogen) atoms. The second-order valence-corrected chi connectivity index (χ2v) is 16.1. The van der Waals surface area contributed by atoms with E-state index < -0.39 is 0 Å². The summed E-state index contributed by atoms with van der Waals surface area (Å²) < 4.78 is 6.65. The largest absolute Gasteiger partial charge is 0.456 e. The minimum absolute atomic E-state index is 0.611. The molecule has 292 valence electrons. The lowest BCUT2D eigenvalue weighted by Crippen LogP contribution is -2.00. The lowest BCUT2D eigenvalue weighted by Gasteiger charge is -2.13. The van der Waals surface area contributed by atoms with E-state index in [-0.39, 0.29) is 0 Å². The molecule has 0 spiro atoms. The van der Waals surface area contributed by atoms with E-state index in [9.17, 15) is 0 Å². The standard InChI is InChI=1S/C57H43N3O/c1-2-3-4-7-15-37-24-26-39(27-25-37)42-28-30-47-48(33-42)45-22-12-13-23-46(45)49-35-52-51-34-44(29-31-53(51)61-54(52)36-50(47)49)57-59-55(40-18-10-6-11-19-40)58-56(60-57)43-21-14-20-41(32-43)38-16-8-5-9-17-38/h5-6,8-14,16-36H,2-4,7,15H2,1H3. The van der Waals surface area contributed by atoms with Gasteiger partial charge in [-0.25, -0.2) is 15.0 Å². The molecule has 0 aliphatic carbocycles. The Bertz CT molecular complexity index is 3390. The molecule has 0 saturated carbocycles. The zero-order valence-corrected chi connectivity index (χ0v) is 34.1. The van der Waals surface area contributed by atoms with Crippen LogP contribution in [0.1, 0.15) is 38.2 Å². The molecule has 0 amide bonds. The molecule has 0 fully saturated rings. The first-order valence-corrected chi connectivity index (χ1v) is 21.5. The summed E-state index contributed by atoms with van der Waals surface area (Å²) in [5, 5.41) is 9.41. The minimum atomic E-state index is 0.611. The second kappa shape index (κ2) is 15.6. The zero-order valence-electron chi connectivity index (χ0n) is 34.1. The fraction of sp³-hybridized carbons (Fsp3) is 0.105. The van der Waals surface area contributed by atoms with E-state index in [1.165, 1.54) is 74.7 Å². The van der Waals surface area contributed by atoms with Crippen molar-refractivity contribution >= 4 is 54.3 Å². The van der Waals surface area contributed by atoms with Gasteiger partial charge in [0.1, 0.15) is 11.2 Å². The number of fused-ring (bicyclic) bond motifs is 9. The second-order valence-electron chi connectivity index (χ2n) is 16.1. The Morgan fingerprint density at radius 3 is 1.57 bits per heavy atom. The third-order valence-electron chi connectivity index (χ3n) is 12.2. The van der Waals surface area contributed by atoms with Gasteiger partial charge < -0.3 is 4.42 Å². The molecule has 0 bridgehead atoms. The number of nitrogens with zero attached hydrogens (tertiary/aromatic N) is 3. The van der Waals surface area contributed by atoms with Crippen molar-refractivity contribution in [3.8, 4) is 56.4 Å². The van der Waals surface area contributed by atoms with Crippen molar-refractivity contribution in [3.05, 3.63) is 188 Å². The summed E-state index contributed by atoms with van der Waals surface area (Å²) in [6, 6.07) is 64.7. The number of hydrogen-bond acceptors (Lipinski definition) is 4. The van der Waals surface area contributed by atoms with Crippen LogP contribution in [0.3, 0.4) is 0 Å². The normalized spacial score (nSPS) is 11.7. The maximum Gasteiger partial charge on any atom is 0.164 e. The van der Waals surface area contributed by atoms with Gasteiger partial charge in [-0.3, -0.25) is 0 Å².